The second kappa shape index (κ2) is 10.8. The zero-order chi connectivity index (χ0) is 23.3. The first-order valence-corrected chi connectivity index (χ1v) is 13.3. The summed E-state index contributed by atoms with van der Waals surface area (Å²) in [4.78, 5) is 16.9. The molecule has 3 saturated heterocycles. The van der Waals surface area contributed by atoms with Gasteiger partial charge in [-0.15, -0.1) is 0 Å². The predicted octanol–water partition coefficient (Wildman–Crippen LogP) is 4.40. The third-order valence-electron chi connectivity index (χ3n) is 7.20. The highest BCUT2D eigenvalue weighted by atomic mass is 32.1. The number of rotatable bonds is 6. The number of benzene rings is 1. The van der Waals surface area contributed by atoms with Crippen molar-refractivity contribution in [2.75, 3.05) is 59.3 Å². The Morgan fingerprint density at radius 1 is 0.882 bits per heavy atom. The summed E-state index contributed by atoms with van der Waals surface area (Å²) in [5.41, 5.74) is 2.52. The van der Waals surface area contributed by atoms with Crippen molar-refractivity contribution in [2.45, 2.75) is 52.0 Å². The van der Waals surface area contributed by atoms with E-state index in [4.69, 9.17) is 22.2 Å². The van der Waals surface area contributed by atoms with E-state index < -0.39 is 0 Å². The first-order valence-electron chi connectivity index (χ1n) is 12.9. The molecule has 5 rings (SSSR count). The lowest BCUT2D eigenvalue weighted by molar-refractivity contribution is 0.444. The maximum atomic E-state index is 5.61. The van der Waals surface area contributed by atoms with E-state index in [-0.39, 0.29) is 0 Å². The van der Waals surface area contributed by atoms with Crippen molar-refractivity contribution in [1.82, 2.24) is 15.3 Å². The van der Waals surface area contributed by atoms with Crippen LogP contribution in [0.5, 0.6) is 0 Å². The van der Waals surface area contributed by atoms with Gasteiger partial charge in [0.15, 0.2) is 5.11 Å². The molecule has 2 N–H and O–H groups in total. The van der Waals surface area contributed by atoms with Crippen molar-refractivity contribution in [3.8, 4) is 0 Å². The van der Waals surface area contributed by atoms with E-state index >= 15 is 0 Å². The van der Waals surface area contributed by atoms with E-state index in [0.717, 1.165) is 37.8 Å². The standard InChI is InChI=1S/C26H37N7S/c1-20-7-6-16-33(19-20)24-17-23(32-14-4-5-15-32)28-25(29-24)30-26(34)27-18-21-8-10-22(11-9-21)31-12-2-3-13-31/h8-11,17,20H,2-7,12-16,18-19H2,1H3,(H2,27,28,29,30,34)/t20-/m0/s1. The number of aromatic nitrogens is 2. The van der Waals surface area contributed by atoms with Crippen LogP contribution in [0.15, 0.2) is 30.3 Å². The first kappa shape index (κ1) is 23.1. The molecule has 1 aromatic carbocycles. The smallest absolute Gasteiger partial charge is 0.232 e. The fraction of sp³-hybridized carbons (Fsp3) is 0.577. The van der Waals surface area contributed by atoms with Crippen LogP contribution in [-0.2, 0) is 6.54 Å². The molecule has 0 bridgehead atoms. The van der Waals surface area contributed by atoms with Crippen LogP contribution in [0.4, 0.5) is 23.3 Å². The fourth-order valence-electron chi connectivity index (χ4n) is 5.27. The maximum Gasteiger partial charge on any atom is 0.232 e. The molecule has 3 fully saturated rings. The Balaban J connectivity index is 1.23. The lowest BCUT2D eigenvalue weighted by Gasteiger charge is -2.32. The number of nitrogens with one attached hydrogen (secondary N) is 2. The zero-order valence-corrected chi connectivity index (χ0v) is 21.1. The summed E-state index contributed by atoms with van der Waals surface area (Å²) in [6, 6.07) is 11.0. The van der Waals surface area contributed by atoms with Crippen molar-refractivity contribution in [2.24, 2.45) is 5.92 Å². The summed E-state index contributed by atoms with van der Waals surface area (Å²) in [5, 5.41) is 7.15. The molecule has 3 aliphatic rings. The molecule has 0 amide bonds. The first-order chi connectivity index (χ1) is 16.6. The molecule has 0 saturated carbocycles. The van der Waals surface area contributed by atoms with E-state index in [1.165, 1.54) is 62.9 Å². The van der Waals surface area contributed by atoms with E-state index in [9.17, 15) is 0 Å². The quantitative estimate of drug-likeness (QED) is 0.592. The van der Waals surface area contributed by atoms with E-state index in [2.05, 4.69) is 62.6 Å². The van der Waals surface area contributed by atoms with E-state index in [1.807, 2.05) is 0 Å². The van der Waals surface area contributed by atoms with Gasteiger partial charge in [0.25, 0.3) is 0 Å². The number of hydrogen-bond acceptors (Lipinski definition) is 6. The van der Waals surface area contributed by atoms with Crippen molar-refractivity contribution in [3.63, 3.8) is 0 Å². The van der Waals surface area contributed by atoms with Crippen LogP contribution in [-0.4, -0.2) is 54.3 Å². The number of piperidine rings is 1. The minimum atomic E-state index is 0.556. The third-order valence-corrected chi connectivity index (χ3v) is 7.44. The molecule has 182 valence electrons. The van der Waals surface area contributed by atoms with Crippen LogP contribution in [0.2, 0.25) is 0 Å². The Morgan fingerprint density at radius 2 is 1.50 bits per heavy atom. The highest BCUT2D eigenvalue weighted by Gasteiger charge is 2.22. The van der Waals surface area contributed by atoms with Gasteiger partial charge in [0.1, 0.15) is 11.6 Å². The normalized spacial score (nSPS) is 20.6. The van der Waals surface area contributed by atoms with Gasteiger partial charge in [-0.25, -0.2) is 0 Å². The van der Waals surface area contributed by atoms with Crippen LogP contribution >= 0.6 is 12.2 Å². The highest BCUT2D eigenvalue weighted by Crippen LogP contribution is 2.27. The van der Waals surface area contributed by atoms with Crippen LogP contribution < -0.4 is 25.3 Å². The molecule has 4 heterocycles. The lowest BCUT2D eigenvalue weighted by atomic mass is 10.0. The molecule has 3 aliphatic heterocycles. The van der Waals surface area contributed by atoms with Gasteiger partial charge in [0.05, 0.1) is 0 Å². The number of anilines is 4. The molecule has 34 heavy (non-hydrogen) atoms. The molecule has 2 aromatic rings. The molecule has 0 unspecified atom stereocenters. The van der Waals surface area contributed by atoms with Gasteiger partial charge in [-0.3, -0.25) is 0 Å². The molecular weight excluding hydrogens is 442 g/mol. The number of nitrogens with zero attached hydrogens (tertiary/aromatic N) is 5. The minimum absolute atomic E-state index is 0.556. The number of hydrogen-bond donors (Lipinski definition) is 2. The van der Waals surface area contributed by atoms with Crippen molar-refractivity contribution in [1.29, 1.82) is 0 Å². The average molecular weight is 480 g/mol. The van der Waals surface area contributed by atoms with E-state index in [0.29, 0.717) is 23.5 Å². The second-order valence-corrected chi connectivity index (χ2v) is 10.4. The van der Waals surface area contributed by atoms with Crippen LogP contribution in [0.25, 0.3) is 0 Å². The van der Waals surface area contributed by atoms with Gasteiger partial charge < -0.3 is 25.3 Å². The van der Waals surface area contributed by atoms with Gasteiger partial charge in [0.2, 0.25) is 5.95 Å². The zero-order valence-electron chi connectivity index (χ0n) is 20.3. The largest absolute Gasteiger partial charge is 0.372 e. The predicted molar refractivity (Wildman–Crippen MR) is 145 cm³/mol. The molecule has 7 nitrogen and oxygen atoms in total. The summed E-state index contributed by atoms with van der Waals surface area (Å²) < 4.78 is 0. The molecule has 1 atom stereocenters. The van der Waals surface area contributed by atoms with Gasteiger partial charge in [0, 0.05) is 57.6 Å². The Hall–Kier alpha value is -2.61. The Labute approximate surface area is 208 Å². The number of thiocarbonyl (C=S) groups is 1. The van der Waals surface area contributed by atoms with Crippen molar-refractivity contribution in [3.05, 3.63) is 35.9 Å². The summed E-state index contributed by atoms with van der Waals surface area (Å²) in [6.07, 6.45) is 7.53. The molecule has 0 spiro atoms. The second-order valence-electron chi connectivity index (χ2n) is 9.96. The highest BCUT2D eigenvalue weighted by molar-refractivity contribution is 7.80. The monoisotopic (exact) mass is 479 g/mol. The van der Waals surface area contributed by atoms with Gasteiger partial charge in [-0.2, -0.15) is 9.97 Å². The van der Waals surface area contributed by atoms with Crippen molar-refractivity contribution >= 4 is 40.6 Å². The van der Waals surface area contributed by atoms with E-state index in [1.54, 1.807) is 0 Å². The van der Waals surface area contributed by atoms with Gasteiger partial charge in [-0.05, 0) is 74.4 Å². The maximum absolute atomic E-state index is 5.61. The lowest BCUT2D eigenvalue weighted by Crippen LogP contribution is -2.35. The van der Waals surface area contributed by atoms with Gasteiger partial charge in [-0.1, -0.05) is 19.1 Å². The Morgan fingerprint density at radius 3 is 2.18 bits per heavy atom. The van der Waals surface area contributed by atoms with Crippen molar-refractivity contribution < 1.29 is 0 Å². The molecular formula is C26H37N7S. The average Bonchev–Trinajstić information content (AvgIpc) is 3.58. The SMILES string of the molecule is C[C@H]1CCCN(c2cc(N3CCCC3)nc(NC(=S)NCc3ccc(N4CCCC4)cc3)n2)C1. The van der Waals surface area contributed by atoms with Crippen LogP contribution in [0.1, 0.15) is 51.0 Å². The fourth-order valence-corrected chi connectivity index (χ4v) is 5.44. The van der Waals surface area contributed by atoms with Crippen LogP contribution in [0.3, 0.4) is 0 Å². The summed E-state index contributed by atoms with van der Waals surface area (Å²) in [6.45, 7) is 9.55. The molecule has 0 radical (unpaired) electrons. The summed E-state index contributed by atoms with van der Waals surface area (Å²) in [7, 11) is 0. The summed E-state index contributed by atoms with van der Waals surface area (Å²) >= 11 is 5.61. The topological polar surface area (TPSA) is 59.6 Å². The van der Waals surface area contributed by atoms with Crippen LogP contribution in [0, 0.1) is 5.92 Å². The molecule has 1 aromatic heterocycles. The minimum Gasteiger partial charge on any atom is -0.372 e. The summed E-state index contributed by atoms with van der Waals surface area (Å²) in [5.74, 6) is 3.28. The molecule has 0 aliphatic carbocycles. The molecule has 8 heteroatoms. The Bertz CT molecular complexity index is 968. The van der Waals surface area contributed by atoms with Gasteiger partial charge >= 0.3 is 0 Å². The Kier molecular flexibility index (Phi) is 7.33. The third kappa shape index (κ3) is 5.71.